The Morgan fingerprint density at radius 2 is 1.50 bits per heavy atom. The van der Waals surface area contributed by atoms with Crippen LogP contribution in [0.3, 0.4) is 0 Å². The van der Waals surface area contributed by atoms with E-state index in [9.17, 15) is 18.0 Å². The lowest BCUT2D eigenvalue weighted by atomic mass is 9.94. The average molecular weight is 707 g/mol. The van der Waals surface area contributed by atoms with Crippen LogP contribution in [0.25, 0.3) is 0 Å². The van der Waals surface area contributed by atoms with Crippen molar-refractivity contribution in [3.05, 3.63) is 129 Å². The first-order chi connectivity index (χ1) is 23.0. The SMILES string of the molecule is Cc1ccc(N(CC(=O)N(Cc2ccc(Cl)cc2Cl)C(Cc2ccccc2)C(=O)NC2CCCCC2)S(=O)(=O)c2ccccc2)cc1C. The van der Waals surface area contributed by atoms with E-state index in [4.69, 9.17) is 23.2 Å². The maximum atomic E-state index is 14.7. The number of benzene rings is 4. The fourth-order valence-corrected chi connectivity index (χ4v) is 7.96. The lowest BCUT2D eigenvalue weighted by molar-refractivity contribution is -0.140. The molecule has 7 nitrogen and oxygen atoms in total. The van der Waals surface area contributed by atoms with E-state index in [-0.39, 0.29) is 29.8 Å². The maximum absolute atomic E-state index is 14.7. The molecule has 2 amide bonds. The summed E-state index contributed by atoms with van der Waals surface area (Å²) in [7, 11) is -4.18. The predicted molar refractivity (Wildman–Crippen MR) is 193 cm³/mol. The van der Waals surface area contributed by atoms with Gasteiger partial charge in [-0.15, -0.1) is 0 Å². The van der Waals surface area contributed by atoms with Crippen molar-refractivity contribution in [1.29, 1.82) is 0 Å². The second kappa shape index (κ2) is 16.0. The summed E-state index contributed by atoms with van der Waals surface area (Å²) in [6.07, 6.45) is 5.15. The first-order valence-corrected chi connectivity index (χ1v) is 18.5. The molecule has 1 aliphatic rings. The molecule has 1 fully saturated rings. The van der Waals surface area contributed by atoms with E-state index in [0.29, 0.717) is 21.3 Å². The first kappa shape index (κ1) is 35.5. The van der Waals surface area contributed by atoms with Gasteiger partial charge in [-0.3, -0.25) is 13.9 Å². The van der Waals surface area contributed by atoms with Crippen LogP contribution in [-0.2, 0) is 32.6 Å². The number of carbonyl (C=O) groups is 2. The molecular weight excluding hydrogens is 665 g/mol. The Hall–Kier alpha value is -3.85. The second-order valence-electron chi connectivity index (χ2n) is 12.4. The van der Waals surface area contributed by atoms with Crippen molar-refractivity contribution in [1.82, 2.24) is 10.2 Å². The second-order valence-corrected chi connectivity index (χ2v) is 15.1. The summed E-state index contributed by atoms with van der Waals surface area (Å²) in [4.78, 5) is 30.5. The Kier molecular flexibility index (Phi) is 11.8. The van der Waals surface area contributed by atoms with Gasteiger partial charge in [0, 0.05) is 29.1 Å². The number of amides is 2. The van der Waals surface area contributed by atoms with Crippen molar-refractivity contribution in [3.8, 4) is 0 Å². The zero-order valence-corrected chi connectivity index (χ0v) is 29.6. The summed E-state index contributed by atoms with van der Waals surface area (Å²) in [5.41, 5.74) is 3.67. The predicted octanol–water partition coefficient (Wildman–Crippen LogP) is 7.89. The molecule has 4 aromatic carbocycles. The highest BCUT2D eigenvalue weighted by Gasteiger charge is 2.35. The van der Waals surface area contributed by atoms with Gasteiger partial charge in [0.05, 0.1) is 10.6 Å². The van der Waals surface area contributed by atoms with Gasteiger partial charge in [0.1, 0.15) is 12.6 Å². The lowest BCUT2D eigenvalue weighted by Gasteiger charge is -2.35. The molecule has 0 bridgehead atoms. The monoisotopic (exact) mass is 705 g/mol. The summed E-state index contributed by atoms with van der Waals surface area (Å²) >= 11 is 12.8. The summed E-state index contributed by atoms with van der Waals surface area (Å²) in [6, 6.07) is 26.9. The van der Waals surface area contributed by atoms with Crippen molar-refractivity contribution >= 4 is 50.7 Å². The van der Waals surface area contributed by atoms with Gasteiger partial charge in [0.25, 0.3) is 10.0 Å². The number of rotatable bonds is 12. The maximum Gasteiger partial charge on any atom is 0.264 e. The fourth-order valence-electron chi connectivity index (χ4n) is 6.06. The third kappa shape index (κ3) is 8.78. The molecule has 0 saturated heterocycles. The molecule has 0 heterocycles. The van der Waals surface area contributed by atoms with E-state index in [1.807, 2.05) is 50.2 Å². The number of halogens is 2. The third-order valence-electron chi connectivity index (χ3n) is 8.97. The van der Waals surface area contributed by atoms with Crippen LogP contribution in [0.1, 0.15) is 54.4 Å². The van der Waals surface area contributed by atoms with Crippen molar-refractivity contribution in [2.75, 3.05) is 10.8 Å². The Labute approximate surface area is 293 Å². The molecule has 1 unspecified atom stereocenters. The molecule has 0 aliphatic heterocycles. The Balaban J connectivity index is 1.59. The number of nitrogens with zero attached hydrogens (tertiary/aromatic N) is 2. The molecule has 0 radical (unpaired) electrons. The summed E-state index contributed by atoms with van der Waals surface area (Å²) in [5.74, 6) is -0.827. The molecule has 48 heavy (non-hydrogen) atoms. The van der Waals surface area contributed by atoms with E-state index in [1.54, 1.807) is 48.5 Å². The number of carbonyl (C=O) groups excluding carboxylic acids is 2. The van der Waals surface area contributed by atoms with Crippen LogP contribution in [0.5, 0.6) is 0 Å². The van der Waals surface area contributed by atoms with Gasteiger partial charge in [0.15, 0.2) is 0 Å². The van der Waals surface area contributed by atoms with Crippen LogP contribution in [-0.4, -0.2) is 43.8 Å². The van der Waals surface area contributed by atoms with Crippen LogP contribution in [0.15, 0.2) is 102 Å². The molecule has 10 heteroatoms. The van der Waals surface area contributed by atoms with Crippen molar-refractivity contribution in [3.63, 3.8) is 0 Å². The van der Waals surface area contributed by atoms with Gasteiger partial charge < -0.3 is 10.2 Å². The molecule has 252 valence electrons. The smallest absolute Gasteiger partial charge is 0.264 e. The van der Waals surface area contributed by atoms with Crippen molar-refractivity contribution < 1.29 is 18.0 Å². The van der Waals surface area contributed by atoms with Crippen molar-refractivity contribution in [2.24, 2.45) is 0 Å². The minimum Gasteiger partial charge on any atom is -0.352 e. The number of nitrogens with one attached hydrogen (secondary N) is 1. The van der Waals surface area contributed by atoms with E-state index in [0.717, 1.165) is 53.1 Å². The highest BCUT2D eigenvalue weighted by atomic mass is 35.5. The van der Waals surface area contributed by atoms with E-state index in [1.165, 1.54) is 17.0 Å². The number of hydrogen-bond donors (Lipinski definition) is 1. The van der Waals surface area contributed by atoms with Gasteiger partial charge in [-0.25, -0.2) is 8.42 Å². The molecule has 0 spiro atoms. The molecular formula is C38H41Cl2N3O4S. The largest absolute Gasteiger partial charge is 0.352 e. The Bertz CT molecular complexity index is 1830. The van der Waals surface area contributed by atoms with Gasteiger partial charge in [-0.1, -0.05) is 103 Å². The standard InChI is InChI=1S/C38H41Cl2N3O4S/c1-27-18-21-33(22-28(27)2)43(48(46,47)34-16-10-5-11-17-34)26-37(44)42(25-30-19-20-31(39)24-35(30)40)36(23-29-12-6-3-7-13-29)38(45)41-32-14-8-4-9-15-32/h3,5-7,10-13,16-22,24,32,36H,4,8-9,14-15,23,25-26H2,1-2H3,(H,41,45). The number of anilines is 1. The van der Waals surface area contributed by atoms with Crippen LogP contribution in [0.4, 0.5) is 5.69 Å². The first-order valence-electron chi connectivity index (χ1n) is 16.3. The van der Waals surface area contributed by atoms with Gasteiger partial charge in [-0.05, 0) is 85.3 Å². The van der Waals surface area contributed by atoms with Crippen LogP contribution in [0.2, 0.25) is 10.0 Å². The zero-order chi connectivity index (χ0) is 34.3. The highest BCUT2D eigenvalue weighted by Crippen LogP contribution is 2.29. The Morgan fingerprint density at radius 3 is 2.15 bits per heavy atom. The highest BCUT2D eigenvalue weighted by molar-refractivity contribution is 7.92. The summed E-state index contributed by atoms with van der Waals surface area (Å²) < 4.78 is 29.6. The van der Waals surface area contributed by atoms with Crippen LogP contribution < -0.4 is 9.62 Å². The number of hydrogen-bond acceptors (Lipinski definition) is 4. The minimum absolute atomic E-state index is 0.00563. The minimum atomic E-state index is -4.18. The molecule has 1 saturated carbocycles. The summed E-state index contributed by atoms with van der Waals surface area (Å²) in [5, 5.41) is 4.00. The molecule has 1 atom stereocenters. The van der Waals surface area contributed by atoms with E-state index in [2.05, 4.69) is 5.32 Å². The fraction of sp³-hybridized carbons (Fsp3) is 0.316. The number of aryl methyl sites for hydroxylation is 2. The van der Waals surface area contributed by atoms with Crippen molar-refractivity contribution in [2.45, 2.75) is 75.9 Å². The van der Waals surface area contributed by atoms with E-state index < -0.39 is 28.5 Å². The normalized spacial score (nSPS) is 14.2. The van der Waals surface area contributed by atoms with Gasteiger partial charge in [0.2, 0.25) is 11.8 Å². The number of sulfonamides is 1. The van der Waals surface area contributed by atoms with E-state index >= 15 is 0 Å². The van der Waals surface area contributed by atoms with Crippen LogP contribution >= 0.6 is 23.2 Å². The quantitative estimate of drug-likeness (QED) is 0.162. The van der Waals surface area contributed by atoms with Gasteiger partial charge in [-0.2, -0.15) is 0 Å². The lowest BCUT2D eigenvalue weighted by Crippen LogP contribution is -2.55. The van der Waals surface area contributed by atoms with Crippen LogP contribution in [0, 0.1) is 13.8 Å². The van der Waals surface area contributed by atoms with Gasteiger partial charge >= 0.3 is 0 Å². The molecule has 0 aromatic heterocycles. The molecule has 4 aromatic rings. The summed E-state index contributed by atoms with van der Waals surface area (Å²) in [6.45, 7) is 3.27. The molecule has 1 N–H and O–H groups in total. The third-order valence-corrected chi connectivity index (χ3v) is 11.3. The molecule has 5 rings (SSSR count). The average Bonchev–Trinajstić information content (AvgIpc) is 3.08. The topological polar surface area (TPSA) is 86.8 Å². The molecule has 1 aliphatic carbocycles. The Morgan fingerprint density at radius 1 is 0.833 bits per heavy atom. The zero-order valence-electron chi connectivity index (χ0n) is 27.2.